The SMILES string of the molecule is CC1(C)OC(COS(=O)(=O)[O-])[C@@](C)(COC[C@@]2(C)OC(C(=O)[O-])=C[C@@H](O)C2OS(=O)(=O)[O-])[C@@H](O)C1NS(=O)(=O)[O-]. The molecule has 3 N–H and O–H groups in total. The maximum atomic E-state index is 11.4. The van der Waals surface area contributed by atoms with Crippen LogP contribution in [0, 0.1) is 5.41 Å². The monoisotopic (exact) mass is 641 g/mol. The van der Waals surface area contributed by atoms with Crippen LogP contribution in [0.3, 0.4) is 0 Å². The first-order chi connectivity index (χ1) is 17.8. The van der Waals surface area contributed by atoms with E-state index in [1.54, 1.807) is 4.72 Å². The molecule has 0 aliphatic carbocycles. The van der Waals surface area contributed by atoms with Crippen LogP contribution >= 0.6 is 0 Å². The van der Waals surface area contributed by atoms with Crippen molar-refractivity contribution < 1.29 is 81.6 Å². The van der Waals surface area contributed by atoms with Gasteiger partial charge < -0.3 is 48.0 Å². The van der Waals surface area contributed by atoms with Gasteiger partial charge in [-0.1, -0.05) is 6.92 Å². The molecule has 2 rings (SSSR count). The predicted molar refractivity (Wildman–Crippen MR) is 119 cm³/mol. The van der Waals surface area contributed by atoms with Crippen LogP contribution in [0.5, 0.6) is 0 Å². The van der Waals surface area contributed by atoms with E-state index in [9.17, 15) is 59.0 Å². The second-order valence-corrected chi connectivity index (χ2v) is 13.2. The Morgan fingerprint density at radius 2 is 1.60 bits per heavy atom. The standard InChI is InChI=1S/C18H31NO18S3/c1-16(2)12(19-38(24,25)26)13(21)17(3,11(36-16)6-34-39(27,28)29)7-33-8-18(4)14(37-40(30,31)32)9(20)5-10(35-18)15(22)23/h5,9,11-14,19-21H,6-8H2,1-4H3,(H,22,23)(H,24,25,26)(H,27,28,29)(H,30,31,32)/p-4/t9-,11?,12?,13+,14?,17-,18-/m1/s1. The number of carbonyl (C=O) groups excluding carboxylic acids is 1. The lowest BCUT2D eigenvalue weighted by Gasteiger charge is -2.55. The van der Waals surface area contributed by atoms with Crippen molar-refractivity contribution in [2.75, 3.05) is 19.8 Å². The molecule has 0 aromatic heterocycles. The van der Waals surface area contributed by atoms with Crippen LogP contribution in [0.4, 0.5) is 0 Å². The maximum Gasteiger partial charge on any atom is 0.218 e. The van der Waals surface area contributed by atoms with Gasteiger partial charge in [-0.2, -0.15) is 0 Å². The number of aliphatic carboxylic acids is 1. The molecule has 3 unspecified atom stereocenters. The van der Waals surface area contributed by atoms with E-state index in [-0.39, 0.29) is 0 Å². The summed E-state index contributed by atoms with van der Waals surface area (Å²) in [6, 6.07) is -1.68. The van der Waals surface area contributed by atoms with Crippen LogP contribution < -0.4 is 9.83 Å². The molecule has 0 radical (unpaired) electrons. The van der Waals surface area contributed by atoms with Crippen molar-refractivity contribution in [3.63, 3.8) is 0 Å². The normalized spacial score (nSPS) is 35.0. The van der Waals surface area contributed by atoms with Gasteiger partial charge in [0.2, 0.25) is 20.8 Å². The molecule has 19 nitrogen and oxygen atoms in total. The fourth-order valence-electron chi connectivity index (χ4n) is 4.36. The first-order valence-electron chi connectivity index (χ1n) is 11.0. The molecule has 1 saturated heterocycles. The Labute approximate surface area is 229 Å². The minimum absolute atomic E-state index is 0.505. The predicted octanol–water partition coefficient (Wildman–Crippen LogP) is -4.93. The number of carbonyl (C=O) groups is 1. The molecular formula is C18H27NO18S3-4. The molecule has 22 heteroatoms. The van der Waals surface area contributed by atoms with E-state index in [1.807, 2.05) is 0 Å². The van der Waals surface area contributed by atoms with Crippen molar-refractivity contribution in [1.29, 1.82) is 0 Å². The van der Waals surface area contributed by atoms with E-state index in [0.29, 0.717) is 6.08 Å². The second kappa shape index (κ2) is 11.6. The number of nitrogens with one attached hydrogen (secondary N) is 1. The van der Waals surface area contributed by atoms with Crippen LogP contribution in [0.2, 0.25) is 0 Å². The summed E-state index contributed by atoms with van der Waals surface area (Å²) in [4.78, 5) is 11.3. The minimum atomic E-state index is -5.50. The minimum Gasteiger partial charge on any atom is -0.735 e. The first-order valence-corrected chi connectivity index (χ1v) is 15.1. The van der Waals surface area contributed by atoms with Crippen molar-refractivity contribution in [3.05, 3.63) is 11.8 Å². The number of hydrogen-bond acceptors (Lipinski definition) is 18. The van der Waals surface area contributed by atoms with Gasteiger partial charge >= 0.3 is 0 Å². The Balaban J connectivity index is 2.42. The fraction of sp³-hybridized carbons (Fsp3) is 0.833. The molecule has 0 saturated carbocycles. The third-order valence-electron chi connectivity index (χ3n) is 6.36. The lowest BCUT2D eigenvalue weighted by Crippen LogP contribution is -2.71. The van der Waals surface area contributed by atoms with Crippen LogP contribution in [0.1, 0.15) is 27.7 Å². The number of carboxylic acid groups (broad SMARTS) is 1. The number of carboxylic acids is 1. The number of hydrogen-bond donors (Lipinski definition) is 3. The molecule has 0 spiro atoms. The molecule has 1 fully saturated rings. The molecule has 7 atom stereocenters. The zero-order valence-electron chi connectivity index (χ0n) is 21.2. The Morgan fingerprint density at radius 3 is 2.08 bits per heavy atom. The average molecular weight is 642 g/mol. The van der Waals surface area contributed by atoms with Crippen molar-refractivity contribution in [2.24, 2.45) is 5.41 Å². The van der Waals surface area contributed by atoms with Crippen molar-refractivity contribution in [1.82, 2.24) is 4.72 Å². The molecule has 40 heavy (non-hydrogen) atoms. The quantitative estimate of drug-likeness (QED) is 0.133. The van der Waals surface area contributed by atoms with E-state index in [2.05, 4.69) is 8.37 Å². The van der Waals surface area contributed by atoms with E-state index < -0.39 is 110 Å². The van der Waals surface area contributed by atoms with E-state index in [4.69, 9.17) is 14.2 Å². The van der Waals surface area contributed by atoms with Crippen LogP contribution in [0.15, 0.2) is 11.8 Å². The highest BCUT2D eigenvalue weighted by molar-refractivity contribution is 7.83. The van der Waals surface area contributed by atoms with E-state index >= 15 is 0 Å². The highest BCUT2D eigenvalue weighted by Crippen LogP contribution is 2.43. The van der Waals surface area contributed by atoms with E-state index in [0.717, 1.165) is 13.8 Å². The number of aliphatic hydroxyl groups is 2. The van der Waals surface area contributed by atoms with Gasteiger partial charge in [0.15, 0.2) is 15.9 Å². The summed E-state index contributed by atoms with van der Waals surface area (Å²) in [5, 5.41) is 32.7. The first kappa shape index (κ1) is 34.7. The molecule has 2 heterocycles. The third-order valence-corrected chi connectivity index (χ3v) is 7.77. The maximum absolute atomic E-state index is 11.4. The lowest BCUT2D eigenvalue weighted by atomic mass is 9.70. The number of aliphatic hydroxyl groups excluding tert-OH is 2. The van der Waals surface area contributed by atoms with Crippen molar-refractivity contribution in [3.8, 4) is 0 Å². The molecule has 0 bridgehead atoms. The smallest absolute Gasteiger partial charge is 0.218 e. The summed E-state index contributed by atoms with van der Waals surface area (Å²) in [7, 11) is -16.0. The Bertz CT molecular complexity index is 1310. The van der Waals surface area contributed by atoms with E-state index in [1.165, 1.54) is 13.8 Å². The second-order valence-electron chi connectivity index (χ2n) is 10.0. The van der Waals surface area contributed by atoms with Gasteiger partial charge in [0.05, 0.1) is 43.7 Å². The molecule has 0 amide bonds. The summed E-state index contributed by atoms with van der Waals surface area (Å²) < 4.78 is 128. The zero-order valence-corrected chi connectivity index (χ0v) is 23.7. The summed E-state index contributed by atoms with van der Waals surface area (Å²) in [6.07, 6.45) is -7.07. The largest absolute Gasteiger partial charge is 0.735 e. The topological polar surface area (TPSA) is 310 Å². The summed E-state index contributed by atoms with van der Waals surface area (Å²) in [6.45, 7) is 1.90. The van der Waals surface area contributed by atoms with Crippen LogP contribution in [-0.4, -0.2) is 117 Å². The summed E-state index contributed by atoms with van der Waals surface area (Å²) in [5.41, 5.74) is -5.85. The Morgan fingerprint density at radius 1 is 1.02 bits per heavy atom. The van der Waals surface area contributed by atoms with Gasteiger partial charge in [0, 0.05) is 5.41 Å². The molecule has 2 aliphatic rings. The molecule has 234 valence electrons. The van der Waals surface area contributed by atoms with Crippen molar-refractivity contribution >= 4 is 37.1 Å². The average Bonchev–Trinajstić information content (AvgIpc) is 2.74. The number of rotatable bonds is 12. The summed E-state index contributed by atoms with van der Waals surface area (Å²) in [5.74, 6) is -2.92. The van der Waals surface area contributed by atoms with Gasteiger partial charge in [0.1, 0.15) is 23.9 Å². The van der Waals surface area contributed by atoms with Crippen LogP contribution in [0.25, 0.3) is 0 Å². The zero-order chi connectivity index (χ0) is 31.1. The van der Waals surface area contributed by atoms with Gasteiger partial charge in [-0.3, -0.25) is 8.37 Å². The summed E-state index contributed by atoms with van der Waals surface area (Å²) >= 11 is 0. The number of ether oxygens (including phenoxy) is 3. The van der Waals surface area contributed by atoms with Crippen LogP contribution in [-0.2, 0) is 58.5 Å². The van der Waals surface area contributed by atoms with Crippen molar-refractivity contribution in [2.45, 2.75) is 69.4 Å². The highest BCUT2D eigenvalue weighted by Gasteiger charge is 2.57. The fourth-order valence-corrected chi connectivity index (χ4v) is 5.95. The Hall–Kier alpha value is -1.54. The molecular weight excluding hydrogens is 614 g/mol. The highest BCUT2D eigenvalue weighted by atomic mass is 32.3. The van der Waals surface area contributed by atoms with Gasteiger partial charge in [-0.15, -0.1) is 0 Å². The third kappa shape index (κ3) is 8.73. The molecule has 0 aromatic carbocycles. The Kier molecular flexibility index (Phi) is 10.1. The van der Waals surface area contributed by atoms with Gasteiger partial charge in [0.25, 0.3) is 0 Å². The molecule has 2 aliphatic heterocycles. The van der Waals surface area contributed by atoms with Gasteiger partial charge in [-0.05, 0) is 26.8 Å². The lowest BCUT2D eigenvalue weighted by molar-refractivity contribution is -0.307. The molecule has 0 aromatic rings. The van der Waals surface area contributed by atoms with Gasteiger partial charge in [-0.25, -0.2) is 30.0 Å².